The van der Waals surface area contributed by atoms with Crippen molar-refractivity contribution in [1.29, 1.82) is 0 Å². The van der Waals surface area contributed by atoms with Gasteiger partial charge < -0.3 is 39.7 Å². The minimum absolute atomic E-state index is 0.00372. The number of Topliss-reactive ketones (excluding diaryl/α,β-unsaturated/α-hetero) is 1. The minimum atomic E-state index is -3.02. The van der Waals surface area contributed by atoms with Crippen molar-refractivity contribution in [2.24, 2.45) is 16.2 Å². The number of benzene rings is 8. The highest BCUT2D eigenvalue weighted by Crippen LogP contribution is 2.57. The van der Waals surface area contributed by atoms with Crippen molar-refractivity contribution >= 4 is 108 Å². The van der Waals surface area contributed by atoms with Crippen molar-refractivity contribution < 1.29 is 115 Å². The summed E-state index contributed by atoms with van der Waals surface area (Å²) in [6.07, 6.45) is 5.06. The third-order valence-electron chi connectivity index (χ3n) is 23.8. The lowest BCUT2D eigenvalue weighted by Crippen LogP contribution is -2.47. The van der Waals surface area contributed by atoms with Crippen LogP contribution in [-0.2, 0) is 68.9 Å². The highest BCUT2D eigenvalue weighted by Gasteiger charge is 2.60. The van der Waals surface area contributed by atoms with Gasteiger partial charge in [0.05, 0.1) is 130 Å². The first kappa shape index (κ1) is 82.4. The smallest absolute Gasteiger partial charge is 0.257 e. The normalized spacial score (nSPS) is 21.8. The number of ether oxygens (including phenoxy) is 3. The monoisotopic (exact) mass is 2060 g/mol. The Balaban J connectivity index is 0.000000141. The zero-order valence-corrected chi connectivity index (χ0v) is 76.9. The number of pyridine rings is 4. The number of carbonyl (C=O) groups excluding carboxylic acids is 5. The third-order valence-corrected chi connectivity index (χ3v) is 25.7. The maximum Gasteiger partial charge on any atom is 0.257 e. The van der Waals surface area contributed by atoms with E-state index in [9.17, 15) is 84.6 Å². The van der Waals surface area contributed by atoms with Gasteiger partial charge in [0.1, 0.15) is 0 Å². The van der Waals surface area contributed by atoms with Gasteiger partial charge in [-0.1, -0.05) is 139 Å². The van der Waals surface area contributed by atoms with Crippen molar-refractivity contribution in [3.63, 3.8) is 0 Å². The Kier molecular flexibility index (Phi) is 23.4. The summed E-state index contributed by atoms with van der Waals surface area (Å²) in [5, 5.41) is 54.5. The lowest BCUT2D eigenvalue weighted by atomic mass is 9.89. The van der Waals surface area contributed by atoms with E-state index in [1.807, 2.05) is 0 Å². The molecule has 8 aromatic carbocycles. The van der Waals surface area contributed by atoms with Gasteiger partial charge in [-0.3, -0.25) is 63.5 Å². The molecule has 19 rings (SSSR count). The summed E-state index contributed by atoms with van der Waals surface area (Å²) in [4.78, 5) is 88.5. The molecule has 4 atom stereocenters. The molecule has 3 saturated carbocycles. The summed E-state index contributed by atoms with van der Waals surface area (Å²) in [6.45, 7) is -14.4. The van der Waals surface area contributed by atoms with Crippen LogP contribution in [0.3, 0.4) is 0 Å². The molecule has 5 N–H and O–H groups in total. The van der Waals surface area contributed by atoms with E-state index in [0.29, 0.717) is 51.7 Å². The van der Waals surface area contributed by atoms with Gasteiger partial charge in [-0.25, -0.2) is 35.1 Å². The van der Waals surface area contributed by atoms with Crippen molar-refractivity contribution in [1.82, 2.24) is 39.5 Å². The second kappa shape index (κ2) is 38.3. The standard InChI is InChI=1S/C28H27ClF2N2O4.C27H23ClF2N2O4.C25H20BrClF2N2O3.C20H12BrClF2N2O2/c1-26(2,36)17-3-7-22-21(11-17)25(35)33(14-20-6-5-19(29)13-32-20)28(22,37-16-27(15-34)9-10-27)18-4-8-23(30)24(31)12-18;1-16(34)17-2-6-22-21(10-17)25(35)32(13-20-5-4-19(28)12-31-20)27(22,36-15-26(14-33)8-9-26)18-3-7-23(29)24(30)11-18;26-16-2-5-20-19(10-16)23(33)31(12-18-4-3-17(27)11-30-18)25(20,34-14-24(13-32)7-8-24)15-1-6-21(28)22(29)9-15;21-12-2-5-16-15(8-12)19(27)26(10-14-4-3-13(22)9-25-14)20(16,28)11-1-6-17(23)18(24)7-11/h3-8,11-13,34,36H,9-10,14-16H2,1-2H3;2-7,10-12,33H,8-9,13-15H2,1H3;1-6,9-11,32H,7-8,12-14H2;1-9,28H,10H2/t28-;;;/m1.../s1/i15D2,16D2;14D2,15D2;13D2,14D2;. The Labute approximate surface area is 822 Å². The van der Waals surface area contributed by atoms with Crippen LogP contribution in [-0.4, -0.2) is 134 Å². The van der Waals surface area contributed by atoms with Crippen LogP contribution in [0.5, 0.6) is 0 Å². The molecule has 0 saturated heterocycles. The van der Waals surface area contributed by atoms with Crippen LogP contribution >= 0.6 is 78.3 Å². The topological polar surface area (TPSA) is 279 Å². The maximum absolute atomic E-state index is 14.8. The van der Waals surface area contributed by atoms with Gasteiger partial charge in [-0.15, -0.1) is 0 Å². The van der Waals surface area contributed by atoms with Gasteiger partial charge >= 0.3 is 0 Å². The molecule has 4 aromatic heterocycles. The second-order valence-electron chi connectivity index (χ2n) is 33.3. The Hall–Kier alpha value is -10.9. The van der Waals surface area contributed by atoms with Crippen LogP contribution in [0.15, 0.2) is 228 Å². The van der Waals surface area contributed by atoms with Gasteiger partial charge in [-0.05, 0) is 198 Å². The van der Waals surface area contributed by atoms with Crippen LogP contribution in [0, 0.1) is 62.8 Å². The first-order valence-corrected chi connectivity index (χ1v) is 44.3. The molecular formula is C100H82Br2Cl4F8N8O13. The van der Waals surface area contributed by atoms with E-state index in [2.05, 4.69) is 51.8 Å². The molecular weight excluding hydrogens is 1970 g/mol. The molecule has 7 aliphatic rings. The van der Waals surface area contributed by atoms with Gasteiger partial charge in [0, 0.05) is 122 Å². The molecule has 21 nitrogen and oxygen atoms in total. The number of ketones is 1. The van der Waals surface area contributed by atoms with E-state index >= 15 is 0 Å². The number of rotatable bonds is 26. The number of hydrogen-bond donors (Lipinski definition) is 5. The van der Waals surface area contributed by atoms with Crippen molar-refractivity contribution in [2.45, 2.75) is 114 Å². The molecule has 0 bridgehead atoms. The zero-order chi connectivity index (χ0) is 107. The molecule has 3 aliphatic carbocycles. The molecule has 698 valence electrons. The van der Waals surface area contributed by atoms with Crippen molar-refractivity contribution in [3.8, 4) is 0 Å². The second-order valence-corrected chi connectivity index (χ2v) is 36.8. The summed E-state index contributed by atoms with van der Waals surface area (Å²) >= 11 is 30.4. The van der Waals surface area contributed by atoms with Gasteiger partial charge in [0.15, 0.2) is 75.2 Å². The summed E-state index contributed by atoms with van der Waals surface area (Å²) < 4.78 is 234. The number of carbonyl (C=O) groups is 5. The number of hydrogen-bond acceptors (Lipinski definition) is 17. The number of amides is 4. The first-order valence-electron chi connectivity index (χ1n) is 47.2. The fourth-order valence-electron chi connectivity index (χ4n) is 15.9. The Bertz CT molecular complexity index is 7280. The predicted molar refractivity (Wildman–Crippen MR) is 488 cm³/mol. The molecule has 0 radical (unpaired) electrons. The number of aromatic nitrogens is 4. The summed E-state index contributed by atoms with van der Waals surface area (Å²) in [7, 11) is 0. The highest BCUT2D eigenvalue weighted by molar-refractivity contribution is 9.10. The maximum atomic E-state index is 14.8. The van der Waals surface area contributed by atoms with Crippen molar-refractivity contribution in [3.05, 3.63) is 395 Å². The van der Waals surface area contributed by atoms with E-state index in [1.54, 1.807) is 48.5 Å². The molecule has 35 heteroatoms. The number of halogens is 14. The molecule has 4 aliphatic heterocycles. The molecule has 0 spiro atoms. The highest BCUT2D eigenvalue weighted by atomic mass is 79.9. The molecule has 3 fully saturated rings. The zero-order valence-electron chi connectivity index (χ0n) is 82.7. The van der Waals surface area contributed by atoms with E-state index in [1.165, 1.54) is 135 Å². The number of aliphatic hydroxyl groups is 5. The average Bonchev–Trinajstić information content (AvgIpc) is 1.53. The fourth-order valence-corrected chi connectivity index (χ4v) is 17.1. The summed E-state index contributed by atoms with van der Waals surface area (Å²) in [6, 6.07) is 41.6. The van der Waals surface area contributed by atoms with E-state index in [0.717, 1.165) is 75.4 Å². The number of nitrogens with zero attached hydrogens (tertiary/aromatic N) is 8. The predicted octanol–water partition coefficient (Wildman–Crippen LogP) is 19.8. The molecule has 12 aromatic rings. The molecule has 135 heavy (non-hydrogen) atoms. The third kappa shape index (κ3) is 19.0. The van der Waals surface area contributed by atoms with Crippen LogP contribution in [0.4, 0.5) is 35.1 Å². The summed E-state index contributed by atoms with van der Waals surface area (Å²) in [5.41, 5.74) is -13.8. The Morgan fingerprint density at radius 1 is 0.393 bits per heavy atom. The van der Waals surface area contributed by atoms with E-state index in [4.69, 9.17) is 77.1 Å². The largest absolute Gasteiger partial charge is 0.396 e. The fraction of sp³-hybridized carbons (Fsp3) is 0.270. The van der Waals surface area contributed by atoms with Crippen LogP contribution < -0.4 is 0 Å². The molecule has 3 unspecified atom stereocenters. The van der Waals surface area contributed by atoms with Crippen LogP contribution in [0.25, 0.3) is 0 Å². The van der Waals surface area contributed by atoms with E-state index < -0.39 is 154 Å². The van der Waals surface area contributed by atoms with Crippen LogP contribution in [0.1, 0.15) is 200 Å². The number of fused-ring (bicyclic) bond motifs is 4. The lowest BCUT2D eigenvalue weighted by molar-refractivity contribution is -0.129. The SMILES string of the molecule is O=C1c2cc(Br)ccc2C(O)(c2ccc(F)c(F)c2)N1Cc1ccc(Cl)cn1.[2H]C([2H])(O)C1(C([2H])([2H])OC2(c3ccc(F)c(F)c3)c3ccc(Br)cc3C(=O)N2Cc2ccc(Cl)cn2)CC1.[2H]C([2H])(O)C1(C([2H])([2H])OC2(c3ccc(F)c(F)c3)c3ccc(C(C)=O)cc3C(=O)N2Cc2ccc(Cl)cn2)CC1.[2H]C([2H])(O)C1(C([2H])([2H])O[C@]2(c3ccc(F)c(F)c3)c3ccc(C(C)(C)O)cc3C(=O)N2Cc2ccc(Cl)cn2)CC1. The van der Waals surface area contributed by atoms with Gasteiger partial charge in [-0.2, -0.15) is 0 Å². The lowest BCUT2D eigenvalue weighted by Gasteiger charge is -2.40. The quantitative estimate of drug-likeness (QED) is 0.0249. The van der Waals surface area contributed by atoms with Crippen LogP contribution in [0.2, 0.25) is 20.1 Å². The van der Waals surface area contributed by atoms with E-state index in [-0.39, 0.29) is 149 Å². The minimum Gasteiger partial charge on any atom is -0.396 e. The molecule has 4 amide bonds. The van der Waals surface area contributed by atoms with Crippen molar-refractivity contribution in [2.75, 3.05) is 39.4 Å². The Morgan fingerprint density at radius 3 is 0.993 bits per heavy atom. The summed E-state index contributed by atoms with van der Waals surface area (Å²) in [5.74, 6) is -12.4. The van der Waals surface area contributed by atoms with Gasteiger partial charge in [0.25, 0.3) is 23.6 Å². The van der Waals surface area contributed by atoms with Gasteiger partial charge in [0.2, 0.25) is 0 Å². The average molecular weight is 2070 g/mol. The first-order chi connectivity index (χ1) is 68.6. The Morgan fingerprint density at radius 2 is 0.681 bits per heavy atom. The molecule has 8 heterocycles.